The van der Waals surface area contributed by atoms with E-state index in [-0.39, 0.29) is 11.1 Å². The second-order valence-electron chi connectivity index (χ2n) is 7.11. The van der Waals surface area contributed by atoms with Crippen molar-refractivity contribution in [1.82, 2.24) is 5.78 Å². The first kappa shape index (κ1) is 23.4. The fourth-order valence-corrected chi connectivity index (χ4v) is 11.7. The van der Waals surface area contributed by atoms with Gasteiger partial charge in [-0.25, -0.2) is 0 Å². The Morgan fingerprint density at radius 2 is 1.07 bits per heavy atom. The third-order valence-corrected chi connectivity index (χ3v) is 13.9. The molecular weight excluding hydrogens is 541 g/mol. The van der Waals surface area contributed by atoms with Crippen LogP contribution in [0, 0.1) is 0 Å². The van der Waals surface area contributed by atoms with Crippen LogP contribution in [0.3, 0.4) is 0 Å². The van der Waals surface area contributed by atoms with Gasteiger partial charge < -0.3 is 0 Å². The molecule has 0 radical (unpaired) electrons. The molecule has 0 saturated carbocycles. The van der Waals surface area contributed by atoms with E-state index in [1.165, 1.54) is 24.3 Å². The summed E-state index contributed by atoms with van der Waals surface area (Å²) >= 11 is -6.77. The van der Waals surface area contributed by atoms with Gasteiger partial charge >= 0.3 is 179 Å². The SMILES string of the molecule is CCC(C)[N](C(=O)c1ccccc1)[Hf]([F])([F])[N](C(=O)c1ccccc1)C(C)CC. The number of carbonyl (C=O) groups is 2. The summed E-state index contributed by atoms with van der Waals surface area (Å²) in [4.78, 5) is 26.3. The van der Waals surface area contributed by atoms with Crippen molar-refractivity contribution >= 4 is 11.8 Å². The molecule has 0 aliphatic rings. The first-order chi connectivity index (χ1) is 13.8. The molecule has 7 heteroatoms. The van der Waals surface area contributed by atoms with Gasteiger partial charge in [0.15, 0.2) is 0 Å². The molecule has 0 fully saturated rings. The van der Waals surface area contributed by atoms with Crippen LogP contribution in [-0.4, -0.2) is 29.7 Å². The summed E-state index contributed by atoms with van der Waals surface area (Å²) in [7, 11) is 0. The normalized spacial score (nSPS) is 13.4. The molecule has 0 aromatic heterocycles. The number of benzene rings is 2. The van der Waals surface area contributed by atoms with Crippen LogP contribution >= 0.6 is 0 Å². The van der Waals surface area contributed by atoms with Gasteiger partial charge in [0.1, 0.15) is 0 Å². The Balaban J connectivity index is 2.55. The predicted octanol–water partition coefficient (Wildman–Crippen LogP) is 5.62. The summed E-state index contributed by atoms with van der Waals surface area (Å²) in [6.07, 6.45) is 0.754. The van der Waals surface area contributed by atoms with Gasteiger partial charge in [-0.15, -0.1) is 0 Å². The van der Waals surface area contributed by atoms with Crippen LogP contribution < -0.4 is 0 Å². The number of carbonyl (C=O) groups excluding carboxylic acids is 2. The van der Waals surface area contributed by atoms with Crippen molar-refractivity contribution in [3.8, 4) is 0 Å². The zero-order chi connectivity index (χ0) is 21.6. The fourth-order valence-electron chi connectivity index (χ4n) is 3.10. The van der Waals surface area contributed by atoms with Crippen LogP contribution in [0.15, 0.2) is 60.7 Å². The first-order valence-corrected chi connectivity index (χ1v) is 15.8. The van der Waals surface area contributed by atoms with E-state index in [9.17, 15) is 9.59 Å². The van der Waals surface area contributed by atoms with Crippen molar-refractivity contribution < 1.29 is 36.7 Å². The van der Waals surface area contributed by atoms with Crippen LogP contribution in [0.25, 0.3) is 0 Å². The summed E-state index contributed by atoms with van der Waals surface area (Å²) in [6, 6.07) is 14.9. The fraction of sp³-hybridized carbons (Fsp3) is 0.364. The first-order valence-electron chi connectivity index (χ1n) is 9.90. The Morgan fingerprint density at radius 1 is 0.759 bits per heavy atom. The van der Waals surface area contributed by atoms with Gasteiger partial charge in [0.25, 0.3) is 0 Å². The second-order valence-corrected chi connectivity index (χ2v) is 14.2. The third kappa shape index (κ3) is 5.18. The molecular formula is C22H28F2HfN2O2. The van der Waals surface area contributed by atoms with Gasteiger partial charge in [-0.1, -0.05) is 0 Å². The van der Waals surface area contributed by atoms with Crippen molar-refractivity contribution in [2.24, 2.45) is 0 Å². The average Bonchev–Trinajstić information content (AvgIpc) is 2.74. The number of hydrogen-bond donors (Lipinski definition) is 0. The number of hydrogen-bond acceptors (Lipinski definition) is 2. The van der Waals surface area contributed by atoms with E-state index in [4.69, 9.17) is 0 Å². The molecule has 2 aromatic rings. The Labute approximate surface area is 178 Å². The minimum atomic E-state index is -6.77. The average molecular weight is 569 g/mol. The van der Waals surface area contributed by atoms with Crippen molar-refractivity contribution in [3.05, 3.63) is 71.8 Å². The monoisotopic (exact) mass is 570 g/mol. The van der Waals surface area contributed by atoms with Gasteiger partial charge in [-0.2, -0.15) is 0 Å². The summed E-state index contributed by atoms with van der Waals surface area (Å²) in [5.41, 5.74) is 0.424. The quantitative estimate of drug-likeness (QED) is 0.388. The number of rotatable bonds is 8. The van der Waals surface area contributed by atoms with E-state index in [0.717, 1.165) is 5.78 Å². The Kier molecular flexibility index (Phi) is 8.25. The Bertz CT molecular complexity index is 751. The van der Waals surface area contributed by atoms with Gasteiger partial charge in [-0.3, -0.25) is 0 Å². The molecule has 4 nitrogen and oxygen atoms in total. The van der Waals surface area contributed by atoms with Gasteiger partial charge in [0.05, 0.1) is 0 Å². The van der Waals surface area contributed by atoms with E-state index in [1.54, 1.807) is 64.1 Å². The van der Waals surface area contributed by atoms with E-state index in [0.29, 0.717) is 12.8 Å². The summed E-state index contributed by atoms with van der Waals surface area (Å²) < 4.78 is 33.8. The standard InChI is InChI=1S/2C11H15NO.2FH.Hf/c2*1-3-9(2)12-11(13)10-7-5-4-6-8-10;;;/h2*4-9H,3H2,1-2H3,(H,12,13);2*1H;/q;;;;+4/p-4. The van der Waals surface area contributed by atoms with Crippen molar-refractivity contribution in [1.29, 1.82) is 0 Å². The molecule has 0 saturated heterocycles. The maximum atomic E-state index is 16.1. The van der Waals surface area contributed by atoms with Gasteiger partial charge in [0.2, 0.25) is 0 Å². The molecule has 2 unspecified atom stereocenters. The van der Waals surface area contributed by atoms with Crippen LogP contribution in [0.2, 0.25) is 0 Å². The number of halogens is 2. The third-order valence-electron chi connectivity index (χ3n) is 5.12. The molecule has 0 aliphatic carbocycles. The van der Waals surface area contributed by atoms with Crippen LogP contribution in [0.4, 0.5) is 5.33 Å². The van der Waals surface area contributed by atoms with Crippen molar-refractivity contribution in [2.45, 2.75) is 52.6 Å². The maximum absolute atomic E-state index is 16.1. The van der Waals surface area contributed by atoms with E-state index >= 15 is 5.33 Å². The zero-order valence-electron chi connectivity index (χ0n) is 17.3. The Hall–Kier alpha value is -1.89. The van der Waals surface area contributed by atoms with Crippen LogP contribution in [0.1, 0.15) is 61.3 Å². The topological polar surface area (TPSA) is 40.6 Å². The van der Waals surface area contributed by atoms with Crippen molar-refractivity contribution in [2.75, 3.05) is 0 Å². The molecule has 2 amide bonds. The van der Waals surface area contributed by atoms with Gasteiger partial charge in [0, 0.05) is 0 Å². The summed E-state index contributed by atoms with van der Waals surface area (Å²) in [5, 5.41) is 0. The van der Waals surface area contributed by atoms with Gasteiger partial charge in [-0.05, 0) is 0 Å². The summed E-state index contributed by atoms with van der Waals surface area (Å²) in [6.45, 7) is 6.78. The zero-order valence-corrected chi connectivity index (χ0v) is 20.9. The number of nitrogens with zero attached hydrogens (tertiary/aromatic N) is 2. The number of amides is 2. The molecule has 2 rings (SSSR count). The molecule has 2 atom stereocenters. The summed E-state index contributed by atoms with van der Waals surface area (Å²) in [5.74, 6) is -1.42. The van der Waals surface area contributed by atoms with Crippen molar-refractivity contribution in [3.63, 3.8) is 0 Å². The second kappa shape index (κ2) is 10.2. The molecule has 156 valence electrons. The Morgan fingerprint density at radius 3 is 1.34 bits per heavy atom. The molecule has 0 spiro atoms. The molecule has 0 heterocycles. The van der Waals surface area contributed by atoms with E-state index < -0.39 is 45.6 Å². The predicted molar refractivity (Wildman–Crippen MR) is 107 cm³/mol. The van der Waals surface area contributed by atoms with E-state index in [1.807, 2.05) is 0 Å². The molecule has 0 N–H and O–H groups in total. The van der Waals surface area contributed by atoms with E-state index in [2.05, 4.69) is 0 Å². The molecule has 2 aromatic carbocycles. The molecule has 0 aliphatic heterocycles. The van der Waals surface area contributed by atoms with Crippen LogP contribution in [-0.2, 0) is 21.8 Å². The molecule has 29 heavy (non-hydrogen) atoms. The minimum absolute atomic E-state index is 0.212. The molecule has 0 bridgehead atoms. The van der Waals surface area contributed by atoms with Crippen LogP contribution in [0.5, 0.6) is 0 Å².